The van der Waals surface area contributed by atoms with Crippen LogP contribution in [0.25, 0.3) is 28.1 Å². The molecule has 1 fully saturated rings. The summed E-state index contributed by atoms with van der Waals surface area (Å²) in [7, 11) is 0. The molecule has 1 aromatic carbocycles. The highest BCUT2D eigenvalue weighted by Crippen LogP contribution is 2.34. The number of hydrogen-bond donors (Lipinski definition) is 1. The highest BCUT2D eigenvalue weighted by Gasteiger charge is 2.21. The maximum Gasteiger partial charge on any atom is 0.231 e. The second kappa shape index (κ2) is 7.38. The van der Waals surface area contributed by atoms with Crippen LogP contribution < -0.4 is 15.4 Å². The molecule has 0 amide bonds. The molecule has 1 aliphatic heterocycles. The van der Waals surface area contributed by atoms with Crippen LogP contribution in [0.15, 0.2) is 47.0 Å². The zero-order valence-electron chi connectivity index (χ0n) is 16.2. The van der Waals surface area contributed by atoms with Crippen LogP contribution in [-0.4, -0.2) is 53.6 Å². The largest absolute Gasteiger partial charge is 0.475 e. The van der Waals surface area contributed by atoms with E-state index >= 15 is 0 Å². The summed E-state index contributed by atoms with van der Waals surface area (Å²) in [5.74, 6) is 1.21. The summed E-state index contributed by atoms with van der Waals surface area (Å²) >= 11 is 0. The van der Waals surface area contributed by atoms with Gasteiger partial charge in [0.15, 0.2) is 11.4 Å². The van der Waals surface area contributed by atoms with Gasteiger partial charge in [-0.1, -0.05) is 6.07 Å². The minimum atomic E-state index is 0.209. The first-order chi connectivity index (χ1) is 14.2. The first-order valence-corrected chi connectivity index (χ1v) is 9.80. The molecular formula is C21H23N5O3. The third-order valence-corrected chi connectivity index (χ3v) is 5.08. The van der Waals surface area contributed by atoms with E-state index in [2.05, 4.69) is 34.0 Å². The second-order valence-electron chi connectivity index (χ2n) is 7.15. The van der Waals surface area contributed by atoms with E-state index in [1.807, 2.05) is 18.2 Å². The number of fused-ring (bicyclic) bond motifs is 2. The van der Waals surface area contributed by atoms with Gasteiger partial charge >= 0.3 is 0 Å². The van der Waals surface area contributed by atoms with Crippen molar-refractivity contribution in [2.24, 2.45) is 5.73 Å². The van der Waals surface area contributed by atoms with Crippen molar-refractivity contribution in [2.45, 2.75) is 13.0 Å². The molecule has 0 bridgehead atoms. The van der Waals surface area contributed by atoms with E-state index in [0.29, 0.717) is 24.8 Å². The van der Waals surface area contributed by atoms with Crippen LogP contribution in [0.1, 0.15) is 6.92 Å². The van der Waals surface area contributed by atoms with Crippen LogP contribution in [0.3, 0.4) is 0 Å². The first-order valence-electron chi connectivity index (χ1n) is 9.80. The van der Waals surface area contributed by atoms with Gasteiger partial charge in [0.1, 0.15) is 17.9 Å². The number of nitrogens with zero attached hydrogens (tertiary/aromatic N) is 4. The molecule has 5 rings (SSSR count). The molecule has 3 aromatic heterocycles. The lowest BCUT2D eigenvalue weighted by molar-refractivity contribution is 0.0533. The zero-order valence-corrected chi connectivity index (χ0v) is 16.2. The Morgan fingerprint density at radius 1 is 1.28 bits per heavy atom. The van der Waals surface area contributed by atoms with Crippen LogP contribution >= 0.6 is 0 Å². The lowest BCUT2D eigenvalue weighted by Crippen LogP contribution is -2.41. The number of rotatable bonds is 5. The van der Waals surface area contributed by atoms with Gasteiger partial charge in [-0.15, -0.1) is 5.10 Å². The number of imidazole rings is 1. The number of furan rings is 1. The molecule has 0 radical (unpaired) electrons. The number of ether oxygens (including phenoxy) is 2. The number of benzene rings is 1. The van der Waals surface area contributed by atoms with Crippen LogP contribution in [0.4, 0.5) is 5.69 Å². The van der Waals surface area contributed by atoms with Crippen LogP contribution in [0, 0.1) is 0 Å². The van der Waals surface area contributed by atoms with Crippen LogP contribution in [0.5, 0.6) is 5.88 Å². The Kier molecular flexibility index (Phi) is 4.57. The summed E-state index contributed by atoms with van der Waals surface area (Å²) in [5.41, 5.74) is 9.01. The average molecular weight is 393 g/mol. The van der Waals surface area contributed by atoms with E-state index < -0.39 is 0 Å². The second-order valence-corrected chi connectivity index (χ2v) is 7.15. The quantitative estimate of drug-likeness (QED) is 0.557. The smallest absolute Gasteiger partial charge is 0.231 e. The van der Waals surface area contributed by atoms with Crippen molar-refractivity contribution in [1.82, 2.24) is 14.6 Å². The van der Waals surface area contributed by atoms with Gasteiger partial charge in [0.05, 0.1) is 18.9 Å². The topological polar surface area (TPSA) is 91.0 Å². The number of morpholine rings is 1. The van der Waals surface area contributed by atoms with Gasteiger partial charge in [-0.05, 0) is 31.2 Å². The van der Waals surface area contributed by atoms with Crippen molar-refractivity contribution in [2.75, 3.05) is 37.7 Å². The fourth-order valence-electron chi connectivity index (χ4n) is 3.75. The van der Waals surface area contributed by atoms with E-state index in [-0.39, 0.29) is 6.10 Å². The number of aromatic nitrogens is 3. The lowest BCUT2D eigenvalue weighted by Gasteiger charge is -2.33. The first kappa shape index (κ1) is 18.0. The molecule has 1 atom stereocenters. The molecule has 0 saturated carbocycles. The Morgan fingerprint density at radius 3 is 3.07 bits per heavy atom. The summed E-state index contributed by atoms with van der Waals surface area (Å²) in [6, 6.07) is 11.9. The zero-order chi connectivity index (χ0) is 19.8. The average Bonchev–Trinajstić information content (AvgIpc) is 3.35. The minimum absolute atomic E-state index is 0.209. The van der Waals surface area contributed by atoms with Gasteiger partial charge in [-0.2, -0.15) is 0 Å². The molecule has 0 unspecified atom stereocenters. The summed E-state index contributed by atoms with van der Waals surface area (Å²) in [5, 5.41) is 5.60. The van der Waals surface area contributed by atoms with Crippen LogP contribution in [0.2, 0.25) is 0 Å². The van der Waals surface area contributed by atoms with Gasteiger partial charge in [0, 0.05) is 36.8 Å². The van der Waals surface area contributed by atoms with E-state index in [1.165, 1.54) is 0 Å². The standard InChI is InChI=1S/C21H23N5O3/c1-14-13-25(8-10-27-14)16-3-2-4-18-15(16)11-19(29-18)17-12-23-20-5-6-21(24-26(17)20)28-9-7-22/h2-6,11-12,14H,7-10,13,22H2,1H3/t14-/m0/s1. The Labute approximate surface area is 167 Å². The maximum atomic E-state index is 6.18. The SMILES string of the molecule is C[C@H]1CN(c2cccc3oc(-c4cnc5ccc(OCCN)nn45)cc23)CCO1. The molecule has 0 aliphatic carbocycles. The van der Waals surface area contributed by atoms with Gasteiger partial charge < -0.3 is 24.5 Å². The summed E-state index contributed by atoms with van der Waals surface area (Å²) in [4.78, 5) is 6.79. The molecular weight excluding hydrogens is 370 g/mol. The molecule has 8 nitrogen and oxygen atoms in total. The predicted molar refractivity (Wildman–Crippen MR) is 110 cm³/mol. The number of hydrogen-bond acceptors (Lipinski definition) is 7. The predicted octanol–water partition coefficient (Wildman–Crippen LogP) is 2.71. The Morgan fingerprint density at radius 2 is 2.21 bits per heavy atom. The van der Waals surface area contributed by atoms with E-state index in [9.17, 15) is 0 Å². The third kappa shape index (κ3) is 3.30. The van der Waals surface area contributed by atoms with E-state index in [4.69, 9.17) is 19.6 Å². The minimum Gasteiger partial charge on any atom is -0.475 e. The summed E-state index contributed by atoms with van der Waals surface area (Å²) in [6.07, 6.45) is 1.98. The van der Waals surface area contributed by atoms with Gasteiger partial charge in [-0.3, -0.25) is 0 Å². The highest BCUT2D eigenvalue weighted by molar-refractivity contribution is 5.94. The fourth-order valence-corrected chi connectivity index (χ4v) is 3.75. The molecule has 1 saturated heterocycles. The molecule has 4 heterocycles. The van der Waals surface area contributed by atoms with Crippen molar-refractivity contribution in [1.29, 1.82) is 0 Å². The number of nitrogens with two attached hydrogens (primary N) is 1. The molecule has 0 spiro atoms. The van der Waals surface area contributed by atoms with Crippen molar-refractivity contribution in [3.63, 3.8) is 0 Å². The molecule has 150 valence electrons. The molecule has 8 heteroatoms. The Balaban J connectivity index is 1.56. The molecule has 4 aromatic rings. The van der Waals surface area contributed by atoms with Crippen LogP contribution in [-0.2, 0) is 4.74 Å². The summed E-state index contributed by atoms with van der Waals surface area (Å²) < 4.78 is 19.2. The normalized spacial score (nSPS) is 17.3. The van der Waals surface area contributed by atoms with E-state index in [1.54, 1.807) is 16.8 Å². The lowest BCUT2D eigenvalue weighted by atomic mass is 10.1. The maximum absolute atomic E-state index is 6.18. The number of anilines is 1. The fraction of sp³-hybridized carbons (Fsp3) is 0.333. The molecule has 29 heavy (non-hydrogen) atoms. The monoisotopic (exact) mass is 393 g/mol. The molecule has 2 N–H and O–H groups in total. The van der Waals surface area contributed by atoms with Gasteiger partial charge in [0.2, 0.25) is 5.88 Å². The molecule has 1 aliphatic rings. The van der Waals surface area contributed by atoms with Gasteiger partial charge in [-0.25, -0.2) is 9.50 Å². The third-order valence-electron chi connectivity index (χ3n) is 5.08. The van der Waals surface area contributed by atoms with Crippen molar-refractivity contribution in [3.05, 3.63) is 42.6 Å². The highest BCUT2D eigenvalue weighted by atomic mass is 16.5. The van der Waals surface area contributed by atoms with Crippen molar-refractivity contribution in [3.8, 4) is 17.3 Å². The van der Waals surface area contributed by atoms with Gasteiger partial charge in [0.25, 0.3) is 0 Å². The van der Waals surface area contributed by atoms with Crippen molar-refractivity contribution < 1.29 is 13.9 Å². The Hall–Kier alpha value is -3.10. The summed E-state index contributed by atoms with van der Waals surface area (Å²) in [6.45, 7) is 5.39. The van der Waals surface area contributed by atoms with Crippen molar-refractivity contribution >= 4 is 22.3 Å². The Bertz CT molecular complexity index is 1150. The van der Waals surface area contributed by atoms with E-state index in [0.717, 1.165) is 47.7 Å².